The predicted molar refractivity (Wildman–Crippen MR) is 165 cm³/mol. The van der Waals surface area contributed by atoms with E-state index >= 15 is 0 Å². The van der Waals surface area contributed by atoms with E-state index in [0.717, 1.165) is 33.7 Å². The molecule has 218 valence electrons. The summed E-state index contributed by atoms with van der Waals surface area (Å²) in [5, 5.41) is 9.57. The van der Waals surface area contributed by atoms with Gasteiger partial charge in [-0.2, -0.15) is 5.10 Å². The molecule has 1 aromatic heterocycles. The van der Waals surface area contributed by atoms with Crippen molar-refractivity contribution in [1.29, 1.82) is 0 Å². The summed E-state index contributed by atoms with van der Waals surface area (Å²) in [6, 6.07) is 29.2. The lowest BCUT2D eigenvalue weighted by atomic mass is 10.1. The second-order valence-electron chi connectivity index (χ2n) is 9.48. The minimum atomic E-state index is -4.74. The van der Waals surface area contributed by atoms with Crippen LogP contribution in [0, 0.1) is 13.8 Å². The van der Waals surface area contributed by atoms with Gasteiger partial charge in [-0.3, -0.25) is 5.43 Å². The van der Waals surface area contributed by atoms with Crippen molar-refractivity contribution in [2.24, 2.45) is 10.1 Å². The van der Waals surface area contributed by atoms with E-state index in [4.69, 9.17) is 4.99 Å². The fourth-order valence-corrected chi connectivity index (χ4v) is 4.87. The van der Waals surface area contributed by atoms with Crippen molar-refractivity contribution in [1.82, 2.24) is 20.2 Å². The minimum Gasteiger partial charge on any atom is -0.406 e. The topological polar surface area (TPSA) is 76.7 Å². The van der Waals surface area contributed by atoms with E-state index in [0.29, 0.717) is 16.7 Å². The van der Waals surface area contributed by atoms with Crippen molar-refractivity contribution >= 4 is 28.8 Å². The average molecular weight is 601 g/mol. The van der Waals surface area contributed by atoms with Crippen LogP contribution < -0.4 is 10.2 Å². The van der Waals surface area contributed by atoms with Gasteiger partial charge in [0.2, 0.25) is 0 Å². The van der Waals surface area contributed by atoms with Crippen LogP contribution in [0.1, 0.15) is 22.3 Å². The first kappa shape index (κ1) is 29.6. The van der Waals surface area contributed by atoms with Gasteiger partial charge in [-0.25, -0.2) is 14.7 Å². The van der Waals surface area contributed by atoms with Crippen LogP contribution in [0.3, 0.4) is 0 Å². The Morgan fingerprint density at radius 3 is 2.28 bits per heavy atom. The van der Waals surface area contributed by atoms with Gasteiger partial charge >= 0.3 is 6.36 Å². The number of rotatable bonds is 8. The number of aliphatic imine (C=N–C) groups is 1. The Labute approximate surface area is 251 Å². The maximum Gasteiger partial charge on any atom is 0.573 e. The molecule has 0 radical (unpaired) electrons. The molecule has 0 unspecified atom stereocenters. The summed E-state index contributed by atoms with van der Waals surface area (Å²) in [4.78, 5) is 9.22. The SMILES string of the molecule is Cc1cccc(C)c1/N=C(/N/N=C/c1ccc(-c2ncn(-c3ccc(OC(F)(F)F)cc3)n2)cc1)SCc1ccccc1. The third-order valence-corrected chi connectivity index (χ3v) is 7.17. The molecule has 7 nitrogen and oxygen atoms in total. The van der Waals surface area contributed by atoms with Crippen LogP contribution in [-0.4, -0.2) is 32.5 Å². The Kier molecular flexibility index (Phi) is 9.21. The highest BCUT2D eigenvalue weighted by Gasteiger charge is 2.31. The Morgan fingerprint density at radius 2 is 1.60 bits per heavy atom. The van der Waals surface area contributed by atoms with E-state index in [1.54, 1.807) is 18.0 Å². The number of nitrogens with zero attached hydrogens (tertiary/aromatic N) is 5. The molecule has 0 aliphatic rings. The number of nitrogens with one attached hydrogen (secondary N) is 1. The molecule has 4 aromatic carbocycles. The first-order valence-corrected chi connectivity index (χ1v) is 14.2. The smallest absolute Gasteiger partial charge is 0.406 e. The van der Waals surface area contributed by atoms with Crippen LogP contribution in [0.4, 0.5) is 18.9 Å². The first-order valence-electron chi connectivity index (χ1n) is 13.2. The van der Waals surface area contributed by atoms with E-state index in [-0.39, 0.29) is 5.75 Å². The molecule has 11 heteroatoms. The third-order valence-electron chi connectivity index (χ3n) is 6.24. The molecule has 0 fully saturated rings. The molecule has 0 aliphatic heterocycles. The summed E-state index contributed by atoms with van der Waals surface area (Å²) in [6.45, 7) is 4.08. The zero-order chi connectivity index (χ0) is 30.2. The summed E-state index contributed by atoms with van der Waals surface area (Å²) in [6.07, 6.45) is -1.53. The Hall–Kier alpha value is -4.90. The molecule has 1 N–H and O–H groups in total. The number of amidine groups is 1. The number of alkyl halides is 3. The van der Waals surface area contributed by atoms with Crippen molar-refractivity contribution < 1.29 is 17.9 Å². The third kappa shape index (κ3) is 8.32. The zero-order valence-corrected chi connectivity index (χ0v) is 24.1. The Bertz CT molecular complexity index is 1700. The highest BCUT2D eigenvalue weighted by Crippen LogP contribution is 2.26. The number of para-hydroxylation sites is 1. The van der Waals surface area contributed by atoms with Gasteiger partial charge in [-0.05, 0) is 60.4 Å². The molecule has 0 aliphatic carbocycles. The lowest BCUT2D eigenvalue weighted by Gasteiger charge is -2.09. The quantitative estimate of drug-likeness (QED) is 0.111. The number of aromatic nitrogens is 3. The van der Waals surface area contributed by atoms with Gasteiger partial charge in [0.25, 0.3) is 0 Å². The molecular weight excluding hydrogens is 573 g/mol. The standard InChI is InChI=1S/C32H27F3N6OS/c1-22-7-6-8-23(2)29(22)38-31(43-20-25-9-4-3-5-10-25)39-37-19-24-11-13-26(14-12-24)30-36-21-41(40-30)27-15-17-28(18-16-27)42-32(33,34)35/h3-19,21H,20H2,1-2H3,(H,38,39)/b37-19+. The maximum atomic E-state index is 12.4. The van der Waals surface area contributed by atoms with Crippen molar-refractivity contribution in [3.05, 3.63) is 126 Å². The first-order chi connectivity index (χ1) is 20.7. The van der Waals surface area contributed by atoms with E-state index in [1.165, 1.54) is 40.8 Å². The molecular formula is C32H27F3N6OS. The fraction of sp³-hybridized carbons (Fsp3) is 0.125. The number of halogens is 3. The number of hydrogen-bond acceptors (Lipinski definition) is 6. The van der Waals surface area contributed by atoms with Crippen LogP contribution in [0.15, 0.2) is 113 Å². The number of benzene rings is 4. The summed E-state index contributed by atoms with van der Waals surface area (Å²) >= 11 is 1.57. The predicted octanol–water partition coefficient (Wildman–Crippen LogP) is 7.99. The van der Waals surface area contributed by atoms with E-state index < -0.39 is 6.36 Å². The van der Waals surface area contributed by atoms with Gasteiger partial charge < -0.3 is 4.74 Å². The van der Waals surface area contributed by atoms with Crippen molar-refractivity contribution in [3.8, 4) is 22.8 Å². The number of aryl methyl sites for hydroxylation is 2. The average Bonchev–Trinajstić information content (AvgIpc) is 3.48. The molecule has 5 aromatic rings. The summed E-state index contributed by atoms with van der Waals surface area (Å²) in [5.74, 6) is 0.909. The molecule has 1 heterocycles. The summed E-state index contributed by atoms with van der Waals surface area (Å²) in [7, 11) is 0. The largest absolute Gasteiger partial charge is 0.573 e. The second kappa shape index (κ2) is 13.4. The molecule has 5 rings (SSSR count). The molecule has 0 saturated heterocycles. The second-order valence-corrected chi connectivity index (χ2v) is 10.4. The van der Waals surface area contributed by atoms with Crippen LogP contribution in [-0.2, 0) is 5.75 Å². The van der Waals surface area contributed by atoms with Gasteiger partial charge in [-0.15, -0.1) is 18.3 Å². The van der Waals surface area contributed by atoms with Gasteiger partial charge in [0.15, 0.2) is 11.0 Å². The number of ether oxygens (including phenoxy) is 1. The number of hydrogen-bond donors (Lipinski definition) is 1. The van der Waals surface area contributed by atoms with Crippen molar-refractivity contribution in [2.45, 2.75) is 26.0 Å². The molecule has 0 bridgehead atoms. The zero-order valence-electron chi connectivity index (χ0n) is 23.3. The van der Waals surface area contributed by atoms with Gasteiger partial charge in [0.1, 0.15) is 12.1 Å². The number of hydrazone groups is 1. The van der Waals surface area contributed by atoms with Gasteiger partial charge in [-0.1, -0.05) is 84.6 Å². The van der Waals surface area contributed by atoms with Crippen LogP contribution in [0.2, 0.25) is 0 Å². The minimum absolute atomic E-state index is 0.304. The molecule has 0 spiro atoms. The van der Waals surface area contributed by atoms with Crippen LogP contribution in [0.25, 0.3) is 17.1 Å². The molecule has 0 saturated carbocycles. The van der Waals surface area contributed by atoms with Gasteiger partial charge in [0.05, 0.1) is 17.6 Å². The molecule has 43 heavy (non-hydrogen) atoms. The lowest BCUT2D eigenvalue weighted by Crippen LogP contribution is -2.17. The Morgan fingerprint density at radius 1 is 0.907 bits per heavy atom. The number of thioether (sulfide) groups is 1. The van der Waals surface area contributed by atoms with Crippen molar-refractivity contribution in [3.63, 3.8) is 0 Å². The monoisotopic (exact) mass is 600 g/mol. The van der Waals surface area contributed by atoms with Crippen molar-refractivity contribution in [2.75, 3.05) is 0 Å². The fourth-order valence-electron chi connectivity index (χ4n) is 4.10. The molecule has 0 amide bonds. The Balaban J connectivity index is 1.26. The highest BCUT2D eigenvalue weighted by atomic mass is 32.2. The van der Waals surface area contributed by atoms with Crippen LogP contribution >= 0.6 is 11.8 Å². The van der Waals surface area contributed by atoms with Crippen LogP contribution in [0.5, 0.6) is 5.75 Å². The van der Waals surface area contributed by atoms with Gasteiger partial charge in [0, 0.05) is 11.3 Å². The van der Waals surface area contributed by atoms with E-state index in [9.17, 15) is 13.2 Å². The lowest BCUT2D eigenvalue weighted by molar-refractivity contribution is -0.274. The summed E-state index contributed by atoms with van der Waals surface area (Å²) in [5.41, 5.74) is 9.57. The summed E-state index contributed by atoms with van der Waals surface area (Å²) < 4.78 is 42.7. The van der Waals surface area contributed by atoms with E-state index in [1.807, 2.05) is 74.5 Å². The highest BCUT2D eigenvalue weighted by molar-refractivity contribution is 8.13. The van der Waals surface area contributed by atoms with E-state index in [2.05, 4.69) is 37.5 Å². The molecule has 0 atom stereocenters. The maximum absolute atomic E-state index is 12.4. The normalized spacial score (nSPS) is 12.1.